The molecule has 0 aromatic carbocycles. The Morgan fingerprint density at radius 3 is 2.41 bits per heavy atom. The molecule has 0 radical (unpaired) electrons. The van der Waals surface area contributed by atoms with Crippen LogP contribution >= 0.6 is 0 Å². The van der Waals surface area contributed by atoms with Crippen molar-refractivity contribution in [1.29, 1.82) is 0 Å². The molecular weight excluding hydrogens is 278 g/mol. The summed E-state index contributed by atoms with van der Waals surface area (Å²) in [5, 5.41) is 0. The highest BCUT2D eigenvalue weighted by Gasteiger charge is 2.08. The Hall–Kier alpha value is -1.85. The molecule has 0 unspecified atom stereocenters. The molecule has 2 heterocycles. The molecule has 2 aromatic heterocycles. The zero-order valence-corrected chi connectivity index (χ0v) is 13.5. The molecule has 122 valence electrons. The van der Waals surface area contributed by atoms with Crippen LogP contribution in [0.1, 0.15) is 64.7 Å². The van der Waals surface area contributed by atoms with E-state index in [-0.39, 0.29) is 11.5 Å². The Labute approximate surface area is 131 Å². The van der Waals surface area contributed by atoms with Gasteiger partial charge in [0.1, 0.15) is 0 Å². The Balaban J connectivity index is 1.71. The minimum Gasteiger partial charge on any atom is -0.369 e. The Morgan fingerprint density at radius 1 is 1.09 bits per heavy atom. The van der Waals surface area contributed by atoms with Gasteiger partial charge in [-0.05, 0) is 6.42 Å². The van der Waals surface area contributed by atoms with Crippen LogP contribution in [0.2, 0.25) is 0 Å². The smallest absolute Gasteiger partial charge is 0.280 e. The number of nitrogen functional groups attached to an aromatic ring is 1. The first-order chi connectivity index (χ1) is 10.7. The van der Waals surface area contributed by atoms with Crippen molar-refractivity contribution in [3.8, 4) is 0 Å². The van der Waals surface area contributed by atoms with E-state index < -0.39 is 0 Å². The second-order valence-electron chi connectivity index (χ2n) is 5.89. The highest BCUT2D eigenvalue weighted by atomic mass is 16.1. The summed E-state index contributed by atoms with van der Waals surface area (Å²) in [6.45, 7) is 3.08. The maximum Gasteiger partial charge on any atom is 0.280 e. The predicted octanol–water partition coefficient (Wildman–Crippen LogP) is 3.23. The number of aromatic nitrogens is 4. The summed E-state index contributed by atoms with van der Waals surface area (Å²) < 4.78 is 1.92. The van der Waals surface area contributed by atoms with Crippen LogP contribution in [-0.4, -0.2) is 19.5 Å². The van der Waals surface area contributed by atoms with Crippen molar-refractivity contribution in [2.24, 2.45) is 0 Å². The molecule has 0 saturated carbocycles. The van der Waals surface area contributed by atoms with Crippen molar-refractivity contribution in [2.75, 3.05) is 5.73 Å². The van der Waals surface area contributed by atoms with E-state index in [1.807, 2.05) is 4.57 Å². The van der Waals surface area contributed by atoms with Crippen LogP contribution in [0, 0.1) is 0 Å². The first-order valence-corrected chi connectivity index (χ1v) is 8.43. The third-order valence-corrected chi connectivity index (χ3v) is 4.00. The van der Waals surface area contributed by atoms with Gasteiger partial charge in [-0.2, -0.15) is 4.98 Å². The summed E-state index contributed by atoms with van der Waals surface area (Å²) in [6, 6.07) is 0. The normalized spacial score (nSPS) is 11.3. The maximum absolute atomic E-state index is 11.7. The van der Waals surface area contributed by atoms with E-state index in [0.717, 1.165) is 13.0 Å². The molecule has 0 aliphatic rings. The van der Waals surface area contributed by atoms with Gasteiger partial charge in [-0.15, -0.1) is 0 Å². The van der Waals surface area contributed by atoms with Crippen LogP contribution in [0.25, 0.3) is 11.2 Å². The predicted molar refractivity (Wildman–Crippen MR) is 89.8 cm³/mol. The van der Waals surface area contributed by atoms with Crippen LogP contribution in [0.4, 0.5) is 5.95 Å². The zero-order chi connectivity index (χ0) is 15.8. The van der Waals surface area contributed by atoms with Gasteiger partial charge in [0.25, 0.3) is 5.56 Å². The average molecular weight is 305 g/mol. The fraction of sp³-hybridized carbons (Fsp3) is 0.688. The molecule has 0 atom stereocenters. The van der Waals surface area contributed by atoms with Gasteiger partial charge in [-0.3, -0.25) is 9.78 Å². The Bertz CT molecular complexity index is 631. The van der Waals surface area contributed by atoms with Crippen molar-refractivity contribution in [2.45, 2.75) is 71.3 Å². The number of aromatic amines is 1. The highest BCUT2D eigenvalue weighted by molar-refractivity contribution is 5.70. The van der Waals surface area contributed by atoms with E-state index >= 15 is 0 Å². The van der Waals surface area contributed by atoms with Crippen molar-refractivity contribution in [3.63, 3.8) is 0 Å². The number of hydrogen-bond donors (Lipinski definition) is 2. The van der Waals surface area contributed by atoms with Crippen LogP contribution in [0.5, 0.6) is 0 Å². The highest BCUT2D eigenvalue weighted by Crippen LogP contribution is 2.12. The summed E-state index contributed by atoms with van der Waals surface area (Å²) in [5.74, 6) is 0.145. The van der Waals surface area contributed by atoms with Crippen molar-refractivity contribution >= 4 is 17.1 Å². The van der Waals surface area contributed by atoms with Crippen LogP contribution in [-0.2, 0) is 6.54 Å². The molecule has 0 bridgehead atoms. The number of rotatable bonds is 10. The summed E-state index contributed by atoms with van der Waals surface area (Å²) in [6.07, 6.45) is 13.3. The van der Waals surface area contributed by atoms with E-state index in [1.54, 1.807) is 6.33 Å². The molecule has 0 saturated heterocycles. The molecule has 0 fully saturated rings. The molecule has 22 heavy (non-hydrogen) atoms. The number of unbranched alkanes of at least 4 members (excludes halogenated alkanes) is 8. The van der Waals surface area contributed by atoms with Crippen molar-refractivity contribution < 1.29 is 0 Å². The Kier molecular flexibility index (Phi) is 6.43. The topological polar surface area (TPSA) is 89.6 Å². The lowest BCUT2D eigenvalue weighted by atomic mass is 10.1. The number of anilines is 1. The molecule has 6 heteroatoms. The first-order valence-electron chi connectivity index (χ1n) is 8.43. The lowest BCUT2D eigenvalue weighted by Gasteiger charge is -2.04. The van der Waals surface area contributed by atoms with E-state index in [9.17, 15) is 4.79 Å². The number of nitrogens with two attached hydrogens (primary N) is 1. The van der Waals surface area contributed by atoms with Gasteiger partial charge >= 0.3 is 0 Å². The van der Waals surface area contributed by atoms with E-state index in [4.69, 9.17) is 5.73 Å². The van der Waals surface area contributed by atoms with Crippen molar-refractivity contribution in [3.05, 3.63) is 16.7 Å². The van der Waals surface area contributed by atoms with E-state index in [1.165, 1.54) is 51.4 Å². The molecular formula is C16H27N5O. The summed E-state index contributed by atoms with van der Waals surface area (Å²) in [4.78, 5) is 22.4. The number of hydrogen-bond acceptors (Lipinski definition) is 4. The molecule has 3 N–H and O–H groups in total. The molecule has 0 spiro atoms. The van der Waals surface area contributed by atoms with Gasteiger partial charge in [-0.25, -0.2) is 4.98 Å². The van der Waals surface area contributed by atoms with E-state index in [0.29, 0.717) is 11.2 Å². The number of fused-ring (bicyclic) bond motifs is 1. The second kappa shape index (κ2) is 8.56. The van der Waals surface area contributed by atoms with Gasteiger partial charge < -0.3 is 10.3 Å². The molecule has 2 aromatic rings. The SMILES string of the molecule is CCCCCCCCCCCn1cnc2c(=O)[nH]c(N)nc21. The van der Waals surface area contributed by atoms with Gasteiger partial charge in [0.15, 0.2) is 11.2 Å². The summed E-state index contributed by atoms with van der Waals surface area (Å²) in [5.41, 5.74) is 6.27. The fourth-order valence-corrected chi connectivity index (χ4v) is 2.73. The van der Waals surface area contributed by atoms with E-state index in [2.05, 4.69) is 21.9 Å². The quantitative estimate of drug-likeness (QED) is 0.659. The number of nitrogens with one attached hydrogen (secondary N) is 1. The molecule has 0 aliphatic carbocycles. The molecule has 0 aliphatic heterocycles. The van der Waals surface area contributed by atoms with Crippen LogP contribution in [0.15, 0.2) is 11.1 Å². The Morgan fingerprint density at radius 2 is 1.73 bits per heavy atom. The van der Waals surface area contributed by atoms with Gasteiger partial charge in [0.05, 0.1) is 6.33 Å². The lowest BCUT2D eigenvalue weighted by molar-refractivity contribution is 0.541. The summed E-state index contributed by atoms with van der Waals surface area (Å²) >= 11 is 0. The molecule has 2 rings (SSSR count). The summed E-state index contributed by atoms with van der Waals surface area (Å²) in [7, 11) is 0. The fourth-order valence-electron chi connectivity index (χ4n) is 2.73. The van der Waals surface area contributed by atoms with Gasteiger partial charge in [-0.1, -0.05) is 58.3 Å². The third-order valence-electron chi connectivity index (χ3n) is 4.00. The first kappa shape index (κ1) is 16.5. The zero-order valence-electron chi connectivity index (χ0n) is 13.5. The minimum absolute atomic E-state index is 0.145. The molecule has 0 amide bonds. The average Bonchev–Trinajstić information content (AvgIpc) is 2.89. The number of aryl methyl sites for hydroxylation is 1. The van der Waals surface area contributed by atoms with Crippen LogP contribution in [0.3, 0.4) is 0 Å². The largest absolute Gasteiger partial charge is 0.369 e. The second-order valence-corrected chi connectivity index (χ2v) is 5.89. The van der Waals surface area contributed by atoms with Crippen LogP contribution < -0.4 is 11.3 Å². The number of nitrogens with zero attached hydrogens (tertiary/aromatic N) is 3. The minimum atomic E-state index is -0.270. The monoisotopic (exact) mass is 305 g/mol. The number of H-pyrrole nitrogens is 1. The van der Waals surface area contributed by atoms with Crippen molar-refractivity contribution in [1.82, 2.24) is 19.5 Å². The number of imidazole rings is 1. The lowest BCUT2D eigenvalue weighted by Crippen LogP contribution is -2.12. The molecule has 6 nitrogen and oxygen atoms in total. The van der Waals surface area contributed by atoms with Gasteiger partial charge in [0, 0.05) is 6.54 Å². The third kappa shape index (κ3) is 4.58. The maximum atomic E-state index is 11.7. The van der Waals surface area contributed by atoms with Gasteiger partial charge in [0.2, 0.25) is 5.95 Å². The standard InChI is InChI=1S/C16H27N5O/c1-2-3-4-5-6-7-8-9-10-11-21-12-18-13-14(21)19-16(17)20-15(13)22/h12H,2-11H2,1H3,(H3,17,19,20,22).